The van der Waals surface area contributed by atoms with E-state index in [-0.39, 0.29) is 6.10 Å². The van der Waals surface area contributed by atoms with Crippen LogP contribution >= 0.6 is 0 Å². The van der Waals surface area contributed by atoms with E-state index in [2.05, 4.69) is 43.5 Å². The lowest BCUT2D eigenvalue weighted by atomic mass is 10.0. The molecule has 0 amide bonds. The van der Waals surface area contributed by atoms with Gasteiger partial charge in [-0.25, -0.2) is 4.98 Å². The molecule has 4 heterocycles. The topological polar surface area (TPSA) is 71.9 Å². The number of rotatable bonds is 5. The summed E-state index contributed by atoms with van der Waals surface area (Å²) >= 11 is 0. The van der Waals surface area contributed by atoms with E-state index in [0.717, 1.165) is 74.8 Å². The highest BCUT2D eigenvalue weighted by Crippen LogP contribution is 2.28. The molecule has 1 aromatic heterocycles. The molecule has 2 aromatic rings. The number of benzene rings is 1. The van der Waals surface area contributed by atoms with E-state index in [1.807, 2.05) is 6.20 Å². The quantitative estimate of drug-likeness (QED) is 0.858. The molecule has 1 unspecified atom stereocenters. The van der Waals surface area contributed by atoms with Crippen molar-refractivity contribution in [2.75, 3.05) is 31.1 Å². The minimum absolute atomic E-state index is 0.109. The molecule has 1 saturated heterocycles. The molecule has 7 nitrogen and oxygen atoms in total. The van der Waals surface area contributed by atoms with Crippen LogP contribution in [0.2, 0.25) is 0 Å². The Bertz CT molecular complexity index is 849. The first-order chi connectivity index (χ1) is 13.8. The SMILES string of the molecule is c1cnc(N2CCC(NCC3CC(c4ccc5c(c4)CCO5)=NO3)CC2)cn1. The molecule has 28 heavy (non-hydrogen) atoms. The molecule has 0 radical (unpaired) electrons. The molecule has 1 N–H and O–H groups in total. The Morgan fingerprint density at radius 3 is 2.96 bits per heavy atom. The summed E-state index contributed by atoms with van der Waals surface area (Å²) < 4.78 is 5.59. The van der Waals surface area contributed by atoms with Gasteiger partial charge in [-0.3, -0.25) is 4.98 Å². The zero-order valence-electron chi connectivity index (χ0n) is 15.9. The van der Waals surface area contributed by atoms with E-state index in [1.54, 1.807) is 12.4 Å². The summed E-state index contributed by atoms with van der Waals surface area (Å²) in [7, 11) is 0. The van der Waals surface area contributed by atoms with Crippen molar-refractivity contribution in [3.05, 3.63) is 47.9 Å². The van der Waals surface area contributed by atoms with Crippen molar-refractivity contribution in [2.24, 2.45) is 5.16 Å². The van der Waals surface area contributed by atoms with Crippen LogP contribution in [0.5, 0.6) is 5.75 Å². The van der Waals surface area contributed by atoms with Gasteiger partial charge < -0.3 is 19.8 Å². The lowest BCUT2D eigenvalue weighted by Crippen LogP contribution is -2.45. The van der Waals surface area contributed by atoms with Gasteiger partial charge in [0.25, 0.3) is 0 Å². The van der Waals surface area contributed by atoms with Crippen molar-refractivity contribution < 1.29 is 9.57 Å². The highest BCUT2D eigenvalue weighted by Gasteiger charge is 2.26. The van der Waals surface area contributed by atoms with Crippen LogP contribution in [0.4, 0.5) is 5.82 Å². The Morgan fingerprint density at radius 1 is 1.18 bits per heavy atom. The third-order valence-corrected chi connectivity index (χ3v) is 5.76. The molecule has 0 aliphatic carbocycles. The number of hydrogen-bond acceptors (Lipinski definition) is 7. The third kappa shape index (κ3) is 3.67. The Kier molecular flexibility index (Phi) is 4.83. The monoisotopic (exact) mass is 379 g/mol. The van der Waals surface area contributed by atoms with Gasteiger partial charge in [-0.1, -0.05) is 5.16 Å². The van der Waals surface area contributed by atoms with Gasteiger partial charge in [-0.15, -0.1) is 0 Å². The number of fused-ring (bicyclic) bond motifs is 1. The normalized spacial score (nSPS) is 21.8. The van der Waals surface area contributed by atoms with Gasteiger partial charge in [0.05, 0.1) is 18.5 Å². The molecule has 0 bridgehead atoms. The van der Waals surface area contributed by atoms with Crippen molar-refractivity contribution in [1.29, 1.82) is 0 Å². The maximum absolute atomic E-state index is 5.69. The summed E-state index contributed by atoms with van der Waals surface area (Å²) in [4.78, 5) is 16.5. The van der Waals surface area contributed by atoms with Crippen LogP contribution in [0.1, 0.15) is 30.4 Å². The largest absolute Gasteiger partial charge is 0.493 e. The van der Waals surface area contributed by atoms with Crippen LogP contribution in [0, 0.1) is 0 Å². The second kappa shape index (κ2) is 7.75. The summed E-state index contributed by atoms with van der Waals surface area (Å²) in [6.45, 7) is 3.61. The van der Waals surface area contributed by atoms with Crippen LogP contribution < -0.4 is 15.0 Å². The fourth-order valence-electron chi connectivity index (χ4n) is 4.14. The minimum Gasteiger partial charge on any atom is -0.493 e. The summed E-state index contributed by atoms with van der Waals surface area (Å²) in [5.74, 6) is 1.98. The van der Waals surface area contributed by atoms with Crippen molar-refractivity contribution in [1.82, 2.24) is 15.3 Å². The molecule has 146 valence electrons. The number of hydrogen-bond donors (Lipinski definition) is 1. The maximum Gasteiger partial charge on any atom is 0.147 e. The number of ether oxygens (including phenoxy) is 1. The molecule has 5 rings (SSSR count). The van der Waals surface area contributed by atoms with E-state index < -0.39 is 0 Å². The second-order valence-electron chi connectivity index (χ2n) is 7.62. The first-order valence-corrected chi connectivity index (χ1v) is 10.1. The molecule has 0 saturated carbocycles. The maximum atomic E-state index is 5.69. The number of oxime groups is 1. The molecule has 7 heteroatoms. The number of anilines is 1. The predicted molar refractivity (Wildman–Crippen MR) is 107 cm³/mol. The molecular formula is C21H25N5O2. The van der Waals surface area contributed by atoms with Gasteiger partial charge in [0, 0.05) is 50.9 Å². The fraction of sp³-hybridized carbons (Fsp3) is 0.476. The Labute approximate surface area is 164 Å². The van der Waals surface area contributed by atoms with Gasteiger partial charge >= 0.3 is 0 Å². The Hall–Kier alpha value is -2.67. The Morgan fingerprint density at radius 2 is 2.11 bits per heavy atom. The highest BCUT2D eigenvalue weighted by molar-refractivity contribution is 6.01. The fourth-order valence-corrected chi connectivity index (χ4v) is 4.14. The van der Waals surface area contributed by atoms with Gasteiger partial charge in [0.15, 0.2) is 0 Å². The molecule has 1 aromatic carbocycles. The number of nitrogens with zero attached hydrogens (tertiary/aromatic N) is 4. The van der Waals surface area contributed by atoms with Crippen LogP contribution in [0.15, 0.2) is 41.9 Å². The zero-order chi connectivity index (χ0) is 18.8. The van der Waals surface area contributed by atoms with Gasteiger partial charge in [-0.2, -0.15) is 0 Å². The van der Waals surface area contributed by atoms with Gasteiger partial charge in [-0.05, 0) is 42.2 Å². The summed E-state index contributed by atoms with van der Waals surface area (Å²) in [5.41, 5.74) is 3.47. The average Bonchev–Trinajstić information content (AvgIpc) is 3.42. The summed E-state index contributed by atoms with van der Waals surface area (Å²) in [5, 5.41) is 8.01. The molecular weight excluding hydrogens is 354 g/mol. The second-order valence-corrected chi connectivity index (χ2v) is 7.62. The standard InChI is InChI=1S/C21H25N5O2/c1-2-20-16(5-10-27-20)11-15(1)19-12-18(28-25-19)13-24-17-3-8-26(9-4-17)21-14-22-6-7-23-21/h1-2,6-7,11,14,17-18,24H,3-5,8-10,12-13H2. The smallest absolute Gasteiger partial charge is 0.147 e. The van der Waals surface area contributed by atoms with Gasteiger partial charge in [0.2, 0.25) is 0 Å². The number of piperidine rings is 1. The van der Waals surface area contributed by atoms with Crippen LogP contribution in [-0.4, -0.2) is 54.1 Å². The predicted octanol–water partition coefficient (Wildman–Crippen LogP) is 2.16. The van der Waals surface area contributed by atoms with Crippen molar-refractivity contribution in [3.63, 3.8) is 0 Å². The van der Waals surface area contributed by atoms with Crippen LogP contribution in [0.3, 0.4) is 0 Å². The van der Waals surface area contributed by atoms with Crippen molar-refractivity contribution >= 4 is 11.5 Å². The zero-order valence-corrected chi connectivity index (χ0v) is 15.9. The summed E-state index contributed by atoms with van der Waals surface area (Å²) in [6.07, 6.45) is 9.45. The number of aromatic nitrogens is 2. The number of nitrogens with one attached hydrogen (secondary N) is 1. The first-order valence-electron chi connectivity index (χ1n) is 10.1. The van der Waals surface area contributed by atoms with Crippen LogP contribution in [-0.2, 0) is 11.3 Å². The van der Waals surface area contributed by atoms with Crippen LogP contribution in [0.25, 0.3) is 0 Å². The van der Waals surface area contributed by atoms with E-state index in [1.165, 1.54) is 5.56 Å². The van der Waals surface area contributed by atoms with Crippen molar-refractivity contribution in [3.8, 4) is 5.75 Å². The van der Waals surface area contributed by atoms with E-state index in [0.29, 0.717) is 6.04 Å². The van der Waals surface area contributed by atoms with E-state index in [4.69, 9.17) is 9.57 Å². The lowest BCUT2D eigenvalue weighted by molar-refractivity contribution is 0.0819. The third-order valence-electron chi connectivity index (χ3n) is 5.76. The molecule has 1 atom stereocenters. The van der Waals surface area contributed by atoms with E-state index >= 15 is 0 Å². The summed E-state index contributed by atoms with van der Waals surface area (Å²) in [6, 6.07) is 6.85. The molecule has 3 aliphatic rings. The average molecular weight is 379 g/mol. The molecule has 3 aliphatic heterocycles. The van der Waals surface area contributed by atoms with Gasteiger partial charge in [0.1, 0.15) is 17.7 Å². The molecule has 0 spiro atoms. The Balaban J connectivity index is 1.09. The molecule has 1 fully saturated rings. The first kappa shape index (κ1) is 17.4. The minimum atomic E-state index is 0.109. The highest BCUT2D eigenvalue weighted by atomic mass is 16.6. The lowest BCUT2D eigenvalue weighted by Gasteiger charge is -2.33. The van der Waals surface area contributed by atoms with Crippen molar-refractivity contribution in [2.45, 2.75) is 37.8 Å². The van der Waals surface area contributed by atoms with E-state index in [9.17, 15) is 0 Å².